The monoisotopic (exact) mass is 466 g/mol. The van der Waals surface area contributed by atoms with Crippen LogP contribution in [0.1, 0.15) is 73.2 Å². The van der Waals surface area contributed by atoms with Gasteiger partial charge in [0, 0.05) is 18.8 Å². The van der Waals surface area contributed by atoms with Crippen LogP contribution in [-0.2, 0) is 30.1 Å². The van der Waals surface area contributed by atoms with Gasteiger partial charge in [-0.15, -0.1) is 0 Å². The molecule has 3 heterocycles. The number of aryl methyl sites for hydroxylation is 3. The van der Waals surface area contributed by atoms with Crippen molar-refractivity contribution >= 4 is 22.6 Å². The molecule has 2 fully saturated rings. The molecule has 1 aromatic carbocycles. The lowest BCUT2D eigenvalue weighted by Crippen LogP contribution is -2.49. The summed E-state index contributed by atoms with van der Waals surface area (Å²) in [5.41, 5.74) is 5.18. The molecule has 2 aliphatic carbocycles. The van der Waals surface area contributed by atoms with E-state index < -0.39 is 10.8 Å². The Bertz CT molecular complexity index is 1070. The average molecular weight is 467 g/mol. The van der Waals surface area contributed by atoms with Gasteiger partial charge in [-0.1, -0.05) is 18.2 Å². The minimum Gasteiger partial charge on any atom is -0.394 e. The number of hydrogen-bond donors (Lipinski definition) is 2. The number of aliphatic hydroxyl groups is 1. The largest absolute Gasteiger partial charge is 0.394 e. The van der Waals surface area contributed by atoms with E-state index in [0.29, 0.717) is 17.5 Å². The summed E-state index contributed by atoms with van der Waals surface area (Å²) in [6, 6.07) is 7.09. The zero-order valence-electron chi connectivity index (χ0n) is 19.3. The van der Waals surface area contributed by atoms with Crippen LogP contribution in [0.3, 0.4) is 0 Å². The van der Waals surface area contributed by atoms with Crippen molar-refractivity contribution < 1.29 is 9.32 Å². The normalized spacial score (nSPS) is 24.2. The van der Waals surface area contributed by atoms with Gasteiger partial charge in [-0.2, -0.15) is 4.98 Å². The SMILES string of the molecule is O=[S@]1CCCCc2nc(N3CCC(c4ccc5c(c4)CC5)CC3)nc(NC3(CO)CCC3)c21. The van der Waals surface area contributed by atoms with Gasteiger partial charge in [-0.05, 0) is 86.8 Å². The quantitative estimate of drug-likeness (QED) is 0.699. The van der Waals surface area contributed by atoms with Crippen LogP contribution in [0.4, 0.5) is 11.8 Å². The molecule has 2 aromatic rings. The number of nitrogens with zero attached hydrogens (tertiary/aromatic N) is 3. The van der Waals surface area contributed by atoms with Crippen LogP contribution in [0.25, 0.3) is 0 Å². The highest BCUT2D eigenvalue weighted by Gasteiger charge is 2.38. The Hall–Kier alpha value is -1.99. The van der Waals surface area contributed by atoms with Crippen molar-refractivity contribution in [3.05, 3.63) is 40.6 Å². The minimum absolute atomic E-state index is 0.0833. The third-order valence-electron chi connectivity index (χ3n) is 8.29. The third-order valence-corrected chi connectivity index (χ3v) is 9.83. The molecule has 0 spiro atoms. The highest BCUT2D eigenvalue weighted by atomic mass is 32.2. The van der Waals surface area contributed by atoms with Crippen molar-refractivity contribution in [2.45, 2.75) is 80.6 Å². The summed E-state index contributed by atoms with van der Waals surface area (Å²) < 4.78 is 13.1. The highest BCUT2D eigenvalue weighted by molar-refractivity contribution is 7.85. The first kappa shape index (κ1) is 21.5. The molecular formula is C26H34N4O2S. The van der Waals surface area contributed by atoms with E-state index in [9.17, 15) is 9.32 Å². The third kappa shape index (κ3) is 3.97. The second kappa shape index (κ2) is 8.66. The smallest absolute Gasteiger partial charge is 0.227 e. The number of nitrogens with one attached hydrogen (secondary N) is 1. The van der Waals surface area contributed by atoms with Gasteiger partial charge >= 0.3 is 0 Å². The fourth-order valence-corrected chi connectivity index (χ4v) is 7.20. The fraction of sp³-hybridized carbons (Fsp3) is 0.615. The van der Waals surface area contributed by atoms with Gasteiger partial charge in [0.15, 0.2) is 0 Å². The molecule has 0 unspecified atom stereocenters. The predicted molar refractivity (Wildman–Crippen MR) is 132 cm³/mol. The summed E-state index contributed by atoms with van der Waals surface area (Å²) >= 11 is 0. The van der Waals surface area contributed by atoms with Gasteiger partial charge in [0.25, 0.3) is 0 Å². The van der Waals surface area contributed by atoms with Crippen LogP contribution < -0.4 is 10.2 Å². The molecule has 2 aliphatic heterocycles. The molecule has 1 atom stereocenters. The van der Waals surface area contributed by atoms with E-state index in [1.165, 1.54) is 24.0 Å². The Labute approximate surface area is 198 Å². The Kier molecular flexibility index (Phi) is 5.65. The summed E-state index contributed by atoms with van der Waals surface area (Å²) in [6.07, 6.45) is 10.5. The number of benzene rings is 1. The number of aliphatic hydroxyl groups excluding tert-OH is 1. The van der Waals surface area contributed by atoms with Crippen molar-refractivity contribution in [3.63, 3.8) is 0 Å². The van der Waals surface area contributed by atoms with Gasteiger partial charge in [0.2, 0.25) is 5.95 Å². The van der Waals surface area contributed by atoms with Gasteiger partial charge < -0.3 is 15.3 Å². The van der Waals surface area contributed by atoms with Crippen LogP contribution in [0.2, 0.25) is 0 Å². The van der Waals surface area contributed by atoms with Crippen molar-refractivity contribution in [1.29, 1.82) is 0 Å². The lowest BCUT2D eigenvalue weighted by atomic mass is 9.77. The standard InChI is InChI=1S/C26H34N4O2S/c31-17-26(11-3-12-26)29-24-23-22(4-1-2-15-33(23)32)27-25(28-24)30-13-9-19(10-14-30)21-8-6-18-5-7-20(18)16-21/h6,8,16,19,31H,1-5,7,9-15,17H2,(H,27,28,29)/t33-/m0/s1. The molecule has 1 saturated carbocycles. The molecule has 0 bridgehead atoms. The van der Waals surface area contributed by atoms with Crippen LogP contribution >= 0.6 is 0 Å². The predicted octanol–water partition coefficient (Wildman–Crippen LogP) is 3.73. The summed E-state index contributed by atoms with van der Waals surface area (Å²) in [5, 5.41) is 13.6. The molecule has 0 amide bonds. The molecule has 6 rings (SSSR count). The lowest BCUT2D eigenvalue weighted by molar-refractivity contribution is 0.143. The van der Waals surface area contributed by atoms with Gasteiger partial charge in [0.05, 0.1) is 28.6 Å². The maximum atomic E-state index is 13.1. The summed E-state index contributed by atoms with van der Waals surface area (Å²) in [6.45, 7) is 1.96. The van der Waals surface area contributed by atoms with E-state index in [-0.39, 0.29) is 12.1 Å². The second-order valence-corrected chi connectivity index (χ2v) is 11.9. The molecule has 7 heteroatoms. The van der Waals surface area contributed by atoms with Crippen LogP contribution in [0.5, 0.6) is 0 Å². The van der Waals surface area contributed by atoms with E-state index in [2.05, 4.69) is 28.4 Å². The molecule has 6 nitrogen and oxygen atoms in total. The first-order chi connectivity index (χ1) is 16.1. The molecule has 1 aromatic heterocycles. The van der Waals surface area contributed by atoms with Gasteiger partial charge in [-0.3, -0.25) is 4.21 Å². The summed E-state index contributed by atoms with van der Waals surface area (Å²) in [7, 11) is -1.09. The number of piperidine rings is 1. The number of fused-ring (bicyclic) bond motifs is 2. The Morgan fingerprint density at radius 3 is 2.55 bits per heavy atom. The maximum Gasteiger partial charge on any atom is 0.227 e. The van der Waals surface area contributed by atoms with Crippen molar-refractivity contribution in [3.8, 4) is 0 Å². The first-order valence-corrected chi connectivity index (χ1v) is 14.0. The average Bonchev–Trinajstić information content (AvgIpc) is 2.98. The molecular weight excluding hydrogens is 432 g/mol. The zero-order chi connectivity index (χ0) is 22.4. The minimum atomic E-state index is -1.09. The van der Waals surface area contributed by atoms with Gasteiger partial charge in [0.1, 0.15) is 10.7 Å². The molecule has 176 valence electrons. The van der Waals surface area contributed by atoms with Crippen molar-refractivity contribution in [1.82, 2.24) is 9.97 Å². The zero-order valence-corrected chi connectivity index (χ0v) is 20.1. The molecule has 1 saturated heterocycles. The Morgan fingerprint density at radius 1 is 1.06 bits per heavy atom. The highest BCUT2D eigenvalue weighted by Crippen LogP contribution is 2.39. The number of aromatic nitrogens is 2. The molecule has 33 heavy (non-hydrogen) atoms. The first-order valence-electron chi connectivity index (χ1n) is 12.7. The van der Waals surface area contributed by atoms with E-state index in [0.717, 1.165) is 81.0 Å². The molecule has 0 radical (unpaired) electrons. The Balaban J connectivity index is 1.25. The summed E-state index contributed by atoms with van der Waals surface area (Å²) in [5.74, 6) is 2.74. The fourth-order valence-electron chi connectivity index (χ4n) is 5.81. The van der Waals surface area contributed by atoms with E-state index >= 15 is 0 Å². The van der Waals surface area contributed by atoms with Crippen molar-refractivity contribution in [2.24, 2.45) is 0 Å². The van der Waals surface area contributed by atoms with Gasteiger partial charge in [-0.25, -0.2) is 4.98 Å². The van der Waals surface area contributed by atoms with Crippen molar-refractivity contribution in [2.75, 3.05) is 35.7 Å². The number of rotatable bonds is 5. The van der Waals surface area contributed by atoms with E-state index in [4.69, 9.17) is 9.97 Å². The Morgan fingerprint density at radius 2 is 1.88 bits per heavy atom. The number of hydrogen-bond acceptors (Lipinski definition) is 6. The second-order valence-electron chi connectivity index (χ2n) is 10.4. The maximum absolute atomic E-state index is 13.1. The lowest BCUT2D eigenvalue weighted by Gasteiger charge is -2.42. The topological polar surface area (TPSA) is 78.4 Å². The van der Waals surface area contributed by atoms with Crippen LogP contribution in [-0.4, -0.2) is 50.3 Å². The summed E-state index contributed by atoms with van der Waals surface area (Å²) in [4.78, 5) is 13.0. The van der Waals surface area contributed by atoms with Crippen LogP contribution in [0, 0.1) is 0 Å². The number of anilines is 2. The molecule has 4 aliphatic rings. The van der Waals surface area contributed by atoms with Crippen LogP contribution in [0.15, 0.2) is 23.1 Å². The van der Waals surface area contributed by atoms with E-state index in [1.54, 1.807) is 5.56 Å². The van der Waals surface area contributed by atoms with E-state index in [1.807, 2.05) is 0 Å². The molecule has 2 N–H and O–H groups in total.